The van der Waals surface area contributed by atoms with Crippen molar-refractivity contribution in [2.75, 3.05) is 19.8 Å². The number of aromatic nitrogens is 5. The predicted molar refractivity (Wildman–Crippen MR) is 112 cm³/mol. The van der Waals surface area contributed by atoms with Crippen LogP contribution in [0.3, 0.4) is 0 Å². The molecular formula is C22H22N6O2. The number of fused-ring (bicyclic) bond motifs is 1. The predicted octanol–water partition coefficient (Wildman–Crippen LogP) is 2.64. The van der Waals surface area contributed by atoms with E-state index in [9.17, 15) is 4.79 Å². The minimum absolute atomic E-state index is 0.176. The van der Waals surface area contributed by atoms with Gasteiger partial charge in [0.2, 0.25) is 0 Å². The molecule has 1 saturated heterocycles. The third kappa shape index (κ3) is 3.69. The molecule has 5 rings (SSSR count). The molecule has 2 N–H and O–H groups in total. The zero-order valence-corrected chi connectivity index (χ0v) is 16.4. The average molecular weight is 402 g/mol. The van der Waals surface area contributed by atoms with Crippen LogP contribution in [0.1, 0.15) is 22.5 Å². The van der Waals surface area contributed by atoms with Gasteiger partial charge in [-0.15, -0.1) is 5.10 Å². The van der Waals surface area contributed by atoms with Crippen molar-refractivity contribution in [3.05, 3.63) is 66.0 Å². The van der Waals surface area contributed by atoms with Crippen molar-refractivity contribution in [1.29, 1.82) is 0 Å². The quantitative estimate of drug-likeness (QED) is 0.517. The summed E-state index contributed by atoms with van der Waals surface area (Å²) in [5.41, 5.74) is 3.84. The Morgan fingerprint density at radius 3 is 2.97 bits per heavy atom. The van der Waals surface area contributed by atoms with Gasteiger partial charge in [-0.3, -0.25) is 9.89 Å². The lowest BCUT2D eigenvalue weighted by molar-refractivity contribution is 0.0935. The zero-order valence-electron chi connectivity index (χ0n) is 16.4. The van der Waals surface area contributed by atoms with Gasteiger partial charge in [0.25, 0.3) is 5.91 Å². The molecule has 0 spiro atoms. The highest BCUT2D eigenvalue weighted by molar-refractivity contribution is 5.99. The Kier molecular flexibility index (Phi) is 4.98. The topological polar surface area (TPSA) is 97.7 Å². The van der Waals surface area contributed by atoms with Crippen LogP contribution >= 0.6 is 0 Å². The molecule has 1 aliphatic rings. The lowest BCUT2D eigenvalue weighted by Crippen LogP contribution is -2.31. The van der Waals surface area contributed by atoms with E-state index in [1.807, 2.05) is 48.5 Å². The number of ether oxygens (including phenoxy) is 1. The van der Waals surface area contributed by atoms with E-state index in [-0.39, 0.29) is 5.91 Å². The van der Waals surface area contributed by atoms with Gasteiger partial charge in [-0.1, -0.05) is 41.6 Å². The fraction of sp³-hybridized carbons (Fsp3) is 0.273. The van der Waals surface area contributed by atoms with Gasteiger partial charge in [0, 0.05) is 30.0 Å². The van der Waals surface area contributed by atoms with Gasteiger partial charge >= 0.3 is 0 Å². The van der Waals surface area contributed by atoms with Gasteiger partial charge in [0.05, 0.1) is 24.9 Å². The van der Waals surface area contributed by atoms with Crippen molar-refractivity contribution in [1.82, 2.24) is 30.5 Å². The van der Waals surface area contributed by atoms with Crippen molar-refractivity contribution < 1.29 is 9.53 Å². The number of carbonyl (C=O) groups excluding carboxylic acids is 1. The molecule has 3 heterocycles. The minimum Gasteiger partial charge on any atom is -0.381 e. The number of amides is 1. The molecule has 30 heavy (non-hydrogen) atoms. The van der Waals surface area contributed by atoms with E-state index >= 15 is 0 Å². The molecule has 0 aliphatic carbocycles. The standard InChI is InChI=1S/C22H22N6O2/c29-22(23-11-16-8-9-30-14-16)21-20(17-6-7-19-18(10-17)12-24-25-19)26-27-28(21)13-15-4-2-1-3-5-15/h1-7,10,12,16H,8-9,11,13-14H2,(H,23,29)(H,24,25). The Balaban J connectivity index is 1.49. The first kappa shape index (κ1) is 18.5. The number of rotatable bonds is 6. The van der Waals surface area contributed by atoms with E-state index in [0.29, 0.717) is 37.0 Å². The molecule has 1 fully saturated rings. The summed E-state index contributed by atoms with van der Waals surface area (Å²) >= 11 is 0. The molecule has 0 saturated carbocycles. The first-order valence-corrected chi connectivity index (χ1v) is 10.0. The number of nitrogens with zero attached hydrogens (tertiary/aromatic N) is 4. The van der Waals surface area contributed by atoms with Crippen molar-refractivity contribution in [3.63, 3.8) is 0 Å². The summed E-state index contributed by atoms with van der Waals surface area (Å²) in [6.07, 6.45) is 2.72. The Labute approximate surface area is 173 Å². The molecular weight excluding hydrogens is 380 g/mol. The Morgan fingerprint density at radius 2 is 2.13 bits per heavy atom. The Hall–Kier alpha value is -3.52. The third-order valence-electron chi connectivity index (χ3n) is 5.41. The van der Waals surface area contributed by atoms with Crippen LogP contribution in [0.15, 0.2) is 54.7 Å². The Morgan fingerprint density at radius 1 is 1.23 bits per heavy atom. The lowest BCUT2D eigenvalue weighted by Gasteiger charge is -2.12. The number of aromatic amines is 1. The molecule has 2 aromatic carbocycles. The molecule has 0 bridgehead atoms. The van der Waals surface area contributed by atoms with E-state index in [0.717, 1.165) is 35.1 Å². The molecule has 4 aromatic rings. The number of hydrogen-bond donors (Lipinski definition) is 2. The van der Waals surface area contributed by atoms with Crippen molar-refractivity contribution in [3.8, 4) is 11.3 Å². The summed E-state index contributed by atoms with van der Waals surface area (Å²) in [6.45, 7) is 2.49. The largest absolute Gasteiger partial charge is 0.381 e. The molecule has 152 valence electrons. The maximum Gasteiger partial charge on any atom is 0.271 e. The van der Waals surface area contributed by atoms with E-state index < -0.39 is 0 Å². The summed E-state index contributed by atoms with van der Waals surface area (Å²) in [4.78, 5) is 13.2. The number of H-pyrrole nitrogens is 1. The smallest absolute Gasteiger partial charge is 0.271 e. The molecule has 8 heteroatoms. The molecule has 8 nitrogen and oxygen atoms in total. The van der Waals surface area contributed by atoms with Crippen LogP contribution in [0, 0.1) is 5.92 Å². The second-order valence-corrected chi connectivity index (χ2v) is 7.54. The maximum atomic E-state index is 13.2. The molecule has 2 aromatic heterocycles. The number of nitrogens with one attached hydrogen (secondary N) is 2. The van der Waals surface area contributed by atoms with Crippen molar-refractivity contribution in [2.45, 2.75) is 13.0 Å². The monoisotopic (exact) mass is 402 g/mol. The number of hydrogen-bond acceptors (Lipinski definition) is 5. The lowest BCUT2D eigenvalue weighted by atomic mass is 10.1. The van der Waals surface area contributed by atoms with Crippen molar-refractivity contribution >= 4 is 16.8 Å². The highest BCUT2D eigenvalue weighted by atomic mass is 16.5. The first-order chi connectivity index (χ1) is 14.8. The summed E-state index contributed by atoms with van der Waals surface area (Å²) in [5, 5.41) is 19.7. The van der Waals surface area contributed by atoms with Gasteiger partial charge in [-0.25, -0.2) is 4.68 Å². The fourth-order valence-electron chi connectivity index (χ4n) is 3.75. The van der Waals surface area contributed by atoms with E-state index in [4.69, 9.17) is 4.74 Å². The fourth-order valence-corrected chi connectivity index (χ4v) is 3.75. The summed E-state index contributed by atoms with van der Waals surface area (Å²) in [5.74, 6) is 0.170. The molecule has 1 atom stereocenters. The normalized spacial score (nSPS) is 16.2. The van der Waals surface area contributed by atoms with Crippen LogP contribution in [-0.4, -0.2) is 50.9 Å². The van der Waals surface area contributed by atoms with Gasteiger partial charge in [0.1, 0.15) is 5.69 Å². The summed E-state index contributed by atoms with van der Waals surface area (Å²) in [6, 6.07) is 15.8. The van der Waals surface area contributed by atoms with E-state index in [1.54, 1.807) is 10.9 Å². The van der Waals surface area contributed by atoms with Crippen LogP contribution in [0.2, 0.25) is 0 Å². The van der Waals surface area contributed by atoms with Gasteiger partial charge in [0.15, 0.2) is 5.69 Å². The SMILES string of the molecule is O=C(NCC1CCOC1)c1c(-c2ccc3[nH]ncc3c2)nnn1Cc1ccccc1. The highest BCUT2D eigenvalue weighted by Crippen LogP contribution is 2.25. The van der Waals surface area contributed by atoms with Crippen LogP contribution in [0.25, 0.3) is 22.2 Å². The van der Waals surface area contributed by atoms with Gasteiger partial charge < -0.3 is 10.1 Å². The number of carbonyl (C=O) groups is 1. The third-order valence-corrected chi connectivity index (χ3v) is 5.41. The summed E-state index contributed by atoms with van der Waals surface area (Å²) in [7, 11) is 0. The Bertz CT molecular complexity index is 1160. The average Bonchev–Trinajstić information content (AvgIpc) is 3.53. The molecule has 1 amide bonds. The van der Waals surface area contributed by atoms with E-state index in [2.05, 4.69) is 25.8 Å². The second kappa shape index (κ2) is 8.08. The van der Waals surface area contributed by atoms with Crippen LogP contribution in [-0.2, 0) is 11.3 Å². The number of benzene rings is 2. The highest BCUT2D eigenvalue weighted by Gasteiger charge is 2.24. The van der Waals surface area contributed by atoms with Crippen LogP contribution in [0.4, 0.5) is 0 Å². The second-order valence-electron chi connectivity index (χ2n) is 7.54. The van der Waals surface area contributed by atoms with Gasteiger partial charge in [-0.05, 0) is 24.1 Å². The van der Waals surface area contributed by atoms with Crippen LogP contribution < -0.4 is 5.32 Å². The van der Waals surface area contributed by atoms with E-state index in [1.165, 1.54) is 0 Å². The molecule has 0 radical (unpaired) electrons. The van der Waals surface area contributed by atoms with Crippen molar-refractivity contribution in [2.24, 2.45) is 5.92 Å². The molecule has 1 aliphatic heterocycles. The van der Waals surface area contributed by atoms with Crippen LogP contribution in [0.5, 0.6) is 0 Å². The maximum absolute atomic E-state index is 13.2. The van der Waals surface area contributed by atoms with Gasteiger partial charge in [-0.2, -0.15) is 5.10 Å². The minimum atomic E-state index is -0.176. The zero-order chi connectivity index (χ0) is 20.3. The molecule has 1 unspecified atom stereocenters. The first-order valence-electron chi connectivity index (χ1n) is 10.0. The summed E-state index contributed by atoms with van der Waals surface area (Å²) < 4.78 is 7.09.